The number of alkyl halides is 1. The summed E-state index contributed by atoms with van der Waals surface area (Å²) in [5, 5.41) is 20.3. The van der Waals surface area contributed by atoms with Crippen LogP contribution in [0.2, 0.25) is 0 Å². The van der Waals surface area contributed by atoms with Crippen LogP contribution in [0.3, 0.4) is 0 Å². The summed E-state index contributed by atoms with van der Waals surface area (Å²) in [4.78, 5) is 24.4. The minimum absolute atomic E-state index is 0.143. The lowest BCUT2D eigenvalue weighted by Crippen LogP contribution is -2.51. The maximum absolute atomic E-state index is 12.5. The number of nitrogens with zero attached hydrogens (tertiary/aromatic N) is 4. The van der Waals surface area contributed by atoms with E-state index >= 15 is 0 Å². The minimum atomic E-state index is -0.775. The van der Waals surface area contributed by atoms with Crippen molar-refractivity contribution in [1.82, 2.24) is 4.90 Å². The van der Waals surface area contributed by atoms with Gasteiger partial charge in [-0.05, 0) is 76.7 Å². The van der Waals surface area contributed by atoms with Crippen molar-refractivity contribution in [3.63, 3.8) is 0 Å². The number of aliphatic hydroxyl groups excluding tert-OH is 1. The molecule has 0 amide bonds. The third kappa shape index (κ3) is 12.7. The molecular weight excluding hydrogens is 531 g/mol. The van der Waals surface area contributed by atoms with E-state index in [1.54, 1.807) is 12.3 Å². The molecule has 0 spiro atoms. The Hall–Kier alpha value is -3.36. The number of aliphatic imine (C=N–C) groups is 2. The van der Waals surface area contributed by atoms with E-state index in [1.165, 1.54) is 22.9 Å². The minimum Gasteiger partial charge on any atom is -0.481 e. The number of aliphatic hydroxyl groups is 1. The van der Waals surface area contributed by atoms with Gasteiger partial charge in [0.2, 0.25) is 0 Å². The largest absolute Gasteiger partial charge is 0.481 e. The number of piperazine rings is 1. The molecule has 1 saturated heterocycles. The Morgan fingerprint density at radius 1 is 1.12 bits per heavy atom. The number of benzene rings is 1. The molecule has 1 fully saturated rings. The van der Waals surface area contributed by atoms with Crippen LogP contribution in [-0.2, 0) is 4.79 Å². The average Bonchev–Trinajstić information content (AvgIpc) is 2.97. The average molecular weight is 581 g/mol. The third-order valence-electron chi connectivity index (χ3n) is 7.28. The molecule has 0 aromatic heterocycles. The predicted molar refractivity (Wildman–Crippen MR) is 174 cm³/mol. The molecule has 1 aliphatic heterocycles. The molecule has 230 valence electrons. The molecule has 7 nitrogen and oxygen atoms in total. The van der Waals surface area contributed by atoms with Gasteiger partial charge in [-0.2, -0.15) is 0 Å². The van der Waals surface area contributed by atoms with Crippen LogP contribution in [0, 0.1) is 13.8 Å². The smallest absolute Gasteiger partial charge is 0.303 e. The zero-order chi connectivity index (χ0) is 30.9. The molecule has 0 bridgehead atoms. The van der Waals surface area contributed by atoms with E-state index in [4.69, 9.17) is 5.11 Å². The van der Waals surface area contributed by atoms with Gasteiger partial charge in [0.15, 0.2) is 0 Å². The molecule has 2 N–H and O–H groups in total. The Bertz CT molecular complexity index is 1180. The van der Waals surface area contributed by atoms with Gasteiger partial charge in [0, 0.05) is 50.2 Å². The van der Waals surface area contributed by atoms with Gasteiger partial charge in [-0.15, -0.1) is 0 Å². The summed E-state index contributed by atoms with van der Waals surface area (Å²) in [5.74, 6) is -0.774. The summed E-state index contributed by atoms with van der Waals surface area (Å²) in [6, 6.07) is 6.39. The second-order valence-electron chi connectivity index (χ2n) is 10.8. The van der Waals surface area contributed by atoms with Crippen LogP contribution in [0.15, 0.2) is 75.8 Å². The van der Waals surface area contributed by atoms with Gasteiger partial charge in [-0.3, -0.25) is 19.7 Å². The first-order chi connectivity index (χ1) is 20.1. The van der Waals surface area contributed by atoms with E-state index < -0.39 is 18.9 Å². The molecule has 1 heterocycles. The number of hydrogen-bond donors (Lipinski definition) is 2. The lowest BCUT2D eigenvalue weighted by molar-refractivity contribution is -0.137. The zero-order valence-corrected chi connectivity index (χ0v) is 26.0. The molecule has 1 aromatic carbocycles. The number of hydrogen-bond acceptors (Lipinski definition) is 6. The molecule has 1 aromatic rings. The number of carboxylic acid groups (broad SMARTS) is 1. The first kappa shape index (κ1) is 34.8. The molecule has 2 atom stereocenters. The van der Waals surface area contributed by atoms with Crippen LogP contribution in [-0.4, -0.2) is 84.7 Å². The highest BCUT2D eigenvalue weighted by Gasteiger charge is 2.24. The first-order valence-corrected chi connectivity index (χ1v) is 14.9. The SMILES string of the molecule is C/C=C(C=NC(C)/C=C\C(=C/CN=C(C)CCCCC(=O)O)C(O)N1CCN(c2ccc(C)cc2C)CC1)\C=C/CF. The van der Waals surface area contributed by atoms with Crippen molar-refractivity contribution in [2.45, 2.75) is 72.6 Å². The lowest BCUT2D eigenvalue weighted by atomic mass is 10.1. The van der Waals surface area contributed by atoms with E-state index in [1.807, 2.05) is 45.1 Å². The van der Waals surface area contributed by atoms with E-state index in [-0.39, 0.29) is 12.5 Å². The van der Waals surface area contributed by atoms with Gasteiger partial charge in [0.05, 0.1) is 12.6 Å². The summed E-state index contributed by atoms with van der Waals surface area (Å²) in [5.41, 5.74) is 6.32. The number of carboxylic acids is 1. The lowest BCUT2D eigenvalue weighted by Gasteiger charge is -2.39. The molecule has 42 heavy (non-hydrogen) atoms. The molecule has 1 aliphatic rings. The number of halogens is 1. The number of unbranched alkanes of at least 4 members (excludes halogenated alkanes) is 1. The van der Waals surface area contributed by atoms with Crippen LogP contribution in [0.25, 0.3) is 0 Å². The highest BCUT2D eigenvalue weighted by molar-refractivity contribution is 5.82. The predicted octanol–water partition coefficient (Wildman–Crippen LogP) is 6.26. The molecule has 2 rings (SSSR count). The Balaban J connectivity index is 2.12. The van der Waals surface area contributed by atoms with Crippen LogP contribution < -0.4 is 4.90 Å². The molecule has 8 heteroatoms. The second kappa shape index (κ2) is 18.9. The summed E-state index contributed by atoms with van der Waals surface area (Å²) >= 11 is 0. The standard InChI is InChI=1S/C34H49FN4O3/c1-6-30(11-9-18-35)25-37-29(5)14-15-31(17-19-36-28(4)10-7-8-12-33(40)41)34(42)39-22-20-38(21-23-39)32-16-13-26(2)24-27(32)3/h6,9,11,13-17,24-25,29,34,42H,7-8,10,12,18-23H2,1-5H3,(H,40,41)/b11-9-,15-14-,30-6+,31-17+,36-28?,37-25?. The zero-order valence-electron chi connectivity index (χ0n) is 26.0. The quantitative estimate of drug-likeness (QED) is 0.137. The van der Waals surface area contributed by atoms with Gasteiger partial charge >= 0.3 is 5.97 Å². The van der Waals surface area contributed by atoms with E-state index in [9.17, 15) is 14.3 Å². The summed E-state index contributed by atoms with van der Waals surface area (Å²) in [7, 11) is 0. The first-order valence-electron chi connectivity index (χ1n) is 14.9. The number of aryl methyl sites for hydroxylation is 2. The molecule has 2 unspecified atom stereocenters. The summed E-state index contributed by atoms with van der Waals surface area (Å²) in [6.45, 7) is 13.1. The fourth-order valence-electron chi connectivity index (χ4n) is 4.78. The van der Waals surface area contributed by atoms with Gasteiger partial charge < -0.3 is 15.1 Å². The number of allylic oxidation sites excluding steroid dienone is 4. The highest BCUT2D eigenvalue weighted by Crippen LogP contribution is 2.24. The normalized spacial score (nSPS) is 17.6. The van der Waals surface area contributed by atoms with Crippen LogP contribution in [0.5, 0.6) is 0 Å². The number of carbonyl (C=O) groups is 1. The van der Waals surface area contributed by atoms with Crippen molar-refractivity contribution < 1.29 is 19.4 Å². The Labute approximate surface area is 251 Å². The number of aliphatic carboxylic acids is 1. The Morgan fingerprint density at radius 2 is 1.83 bits per heavy atom. The van der Waals surface area contributed by atoms with Gasteiger partial charge in [-0.1, -0.05) is 54.2 Å². The van der Waals surface area contributed by atoms with Crippen molar-refractivity contribution in [3.8, 4) is 0 Å². The van der Waals surface area contributed by atoms with Crippen molar-refractivity contribution in [2.75, 3.05) is 44.3 Å². The fourth-order valence-corrected chi connectivity index (χ4v) is 4.78. The highest BCUT2D eigenvalue weighted by atomic mass is 19.1. The fraction of sp³-hybridized carbons (Fsp3) is 0.500. The molecule has 0 saturated carbocycles. The van der Waals surface area contributed by atoms with Crippen molar-refractivity contribution >= 4 is 23.6 Å². The summed E-state index contributed by atoms with van der Waals surface area (Å²) in [6.07, 6.45) is 14.2. The van der Waals surface area contributed by atoms with Crippen LogP contribution in [0.1, 0.15) is 57.6 Å². The molecular formula is C34H49FN4O3. The van der Waals surface area contributed by atoms with Gasteiger partial charge in [0.1, 0.15) is 12.9 Å². The monoisotopic (exact) mass is 580 g/mol. The van der Waals surface area contributed by atoms with Crippen molar-refractivity contribution in [1.29, 1.82) is 0 Å². The third-order valence-corrected chi connectivity index (χ3v) is 7.28. The molecule has 0 radical (unpaired) electrons. The van der Waals surface area contributed by atoms with E-state index in [0.717, 1.165) is 55.9 Å². The Morgan fingerprint density at radius 3 is 2.48 bits per heavy atom. The number of anilines is 1. The van der Waals surface area contributed by atoms with Gasteiger partial charge in [-0.25, -0.2) is 4.39 Å². The van der Waals surface area contributed by atoms with Crippen LogP contribution in [0.4, 0.5) is 10.1 Å². The summed E-state index contributed by atoms with van der Waals surface area (Å²) < 4.78 is 12.5. The second-order valence-corrected chi connectivity index (χ2v) is 10.8. The maximum Gasteiger partial charge on any atom is 0.303 e. The Kier molecular flexibility index (Phi) is 15.7. The van der Waals surface area contributed by atoms with Crippen molar-refractivity contribution in [2.24, 2.45) is 9.98 Å². The molecule has 0 aliphatic carbocycles. The van der Waals surface area contributed by atoms with Crippen molar-refractivity contribution in [3.05, 3.63) is 76.9 Å². The van der Waals surface area contributed by atoms with Crippen LogP contribution >= 0.6 is 0 Å². The number of rotatable bonds is 16. The van der Waals surface area contributed by atoms with Gasteiger partial charge in [0.25, 0.3) is 0 Å². The topological polar surface area (TPSA) is 88.7 Å². The van der Waals surface area contributed by atoms with E-state index in [2.05, 4.69) is 51.8 Å². The maximum atomic E-state index is 12.5. The van der Waals surface area contributed by atoms with E-state index in [0.29, 0.717) is 13.0 Å².